The zero-order chi connectivity index (χ0) is 14.8. The number of nitrogens with zero attached hydrogens (tertiary/aromatic N) is 1. The Morgan fingerprint density at radius 3 is 2.71 bits per heavy atom. The molecule has 0 spiro atoms. The van der Waals surface area contributed by atoms with Gasteiger partial charge in [-0.25, -0.2) is 0 Å². The van der Waals surface area contributed by atoms with Crippen molar-refractivity contribution in [2.75, 3.05) is 18.0 Å². The largest absolute Gasteiger partial charge is 0.370 e. The monoisotopic (exact) mass is 306 g/mol. The van der Waals surface area contributed by atoms with Gasteiger partial charge in [0.1, 0.15) is 0 Å². The average molecular weight is 307 g/mol. The molecule has 0 aromatic heterocycles. The number of halogens is 1. The van der Waals surface area contributed by atoms with Crippen molar-refractivity contribution in [3.8, 4) is 0 Å². The molecular weight excluding hydrogens is 280 g/mol. The van der Waals surface area contributed by atoms with Crippen molar-refractivity contribution < 1.29 is 0 Å². The Labute approximate surface area is 133 Å². The summed E-state index contributed by atoms with van der Waals surface area (Å²) >= 11 is 6.54. The quantitative estimate of drug-likeness (QED) is 0.904. The highest BCUT2D eigenvalue weighted by Gasteiger charge is 2.31. The van der Waals surface area contributed by atoms with Crippen LogP contribution < -0.4 is 10.6 Å². The Balaban J connectivity index is 1.71. The van der Waals surface area contributed by atoms with Gasteiger partial charge in [-0.1, -0.05) is 36.9 Å². The molecule has 1 saturated carbocycles. The first-order valence-corrected chi connectivity index (χ1v) is 8.80. The van der Waals surface area contributed by atoms with E-state index in [1.165, 1.54) is 49.9 Å². The molecule has 2 nitrogen and oxygen atoms in total. The van der Waals surface area contributed by atoms with Crippen LogP contribution in [0.15, 0.2) is 18.2 Å². The minimum Gasteiger partial charge on any atom is -0.370 e. The number of benzene rings is 1. The Bertz CT molecular complexity index is 486. The van der Waals surface area contributed by atoms with E-state index < -0.39 is 0 Å². The maximum absolute atomic E-state index is 6.54. The van der Waals surface area contributed by atoms with Crippen LogP contribution in [0.25, 0.3) is 0 Å². The topological polar surface area (TPSA) is 29.3 Å². The van der Waals surface area contributed by atoms with Crippen LogP contribution in [0.5, 0.6) is 0 Å². The molecule has 3 rings (SSSR count). The summed E-state index contributed by atoms with van der Waals surface area (Å²) in [5, 5.41) is 0.891. The highest BCUT2D eigenvalue weighted by Crippen LogP contribution is 2.39. The number of anilines is 1. The number of rotatable bonds is 3. The van der Waals surface area contributed by atoms with Gasteiger partial charge in [0, 0.05) is 19.1 Å². The van der Waals surface area contributed by atoms with Gasteiger partial charge in [0.25, 0.3) is 0 Å². The van der Waals surface area contributed by atoms with E-state index in [0.29, 0.717) is 0 Å². The van der Waals surface area contributed by atoms with Gasteiger partial charge in [-0.3, -0.25) is 0 Å². The third-order valence-corrected chi connectivity index (χ3v) is 5.50. The van der Waals surface area contributed by atoms with Gasteiger partial charge < -0.3 is 10.6 Å². The molecule has 1 aromatic rings. The first-order chi connectivity index (χ1) is 10.1. The lowest BCUT2D eigenvalue weighted by Crippen LogP contribution is -2.41. The predicted octanol–water partition coefficient (Wildman–Crippen LogP) is 4.25. The summed E-state index contributed by atoms with van der Waals surface area (Å²) in [5.41, 5.74) is 8.33. The van der Waals surface area contributed by atoms with Crippen LogP contribution in [0.1, 0.15) is 44.6 Å². The summed E-state index contributed by atoms with van der Waals surface area (Å²) < 4.78 is 0. The maximum atomic E-state index is 6.54. The van der Waals surface area contributed by atoms with Gasteiger partial charge in [-0.2, -0.15) is 0 Å². The second kappa shape index (κ2) is 6.58. The van der Waals surface area contributed by atoms with Gasteiger partial charge in [-0.15, -0.1) is 0 Å². The summed E-state index contributed by atoms with van der Waals surface area (Å²) in [6, 6.07) is 6.68. The molecule has 1 heterocycles. The molecule has 0 radical (unpaired) electrons. The maximum Gasteiger partial charge on any atom is 0.0642 e. The minimum absolute atomic E-state index is 0.185. The van der Waals surface area contributed by atoms with Crippen LogP contribution >= 0.6 is 11.6 Å². The molecule has 1 aliphatic heterocycles. The molecule has 116 valence electrons. The standard InChI is InChI=1S/C18H27ClN2/c1-13(20)10-14-6-7-18(17(19)11-14)21-9-8-15-4-2-3-5-16(15)12-21/h6-7,11,13,15-16H,2-5,8-10,12,20H2,1H3. The summed E-state index contributed by atoms with van der Waals surface area (Å²) in [5.74, 6) is 1.85. The lowest BCUT2D eigenvalue weighted by atomic mass is 9.75. The van der Waals surface area contributed by atoms with Crippen LogP contribution in [0.4, 0.5) is 5.69 Å². The Hall–Kier alpha value is -0.730. The van der Waals surface area contributed by atoms with E-state index in [9.17, 15) is 0 Å². The van der Waals surface area contributed by atoms with Crippen LogP contribution in [-0.4, -0.2) is 19.1 Å². The molecule has 0 bridgehead atoms. The van der Waals surface area contributed by atoms with Crippen molar-refractivity contribution in [1.29, 1.82) is 0 Å². The molecule has 1 aliphatic carbocycles. The molecule has 2 aliphatic rings. The van der Waals surface area contributed by atoms with Crippen molar-refractivity contribution in [2.24, 2.45) is 17.6 Å². The lowest BCUT2D eigenvalue weighted by molar-refractivity contribution is 0.202. The molecule has 3 atom stereocenters. The van der Waals surface area contributed by atoms with Crippen molar-refractivity contribution in [3.63, 3.8) is 0 Å². The Morgan fingerprint density at radius 2 is 2.00 bits per heavy atom. The normalized spacial score (nSPS) is 27.3. The van der Waals surface area contributed by atoms with E-state index in [-0.39, 0.29) is 6.04 Å². The molecule has 3 unspecified atom stereocenters. The van der Waals surface area contributed by atoms with Crippen molar-refractivity contribution in [3.05, 3.63) is 28.8 Å². The number of piperidine rings is 1. The highest BCUT2D eigenvalue weighted by atomic mass is 35.5. The molecule has 0 amide bonds. The molecule has 2 N–H and O–H groups in total. The average Bonchev–Trinajstić information content (AvgIpc) is 2.46. The summed E-state index contributed by atoms with van der Waals surface area (Å²) in [4.78, 5) is 2.50. The molecule has 2 fully saturated rings. The summed E-state index contributed by atoms with van der Waals surface area (Å²) in [6.07, 6.45) is 7.93. The van der Waals surface area contributed by atoms with E-state index in [0.717, 1.165) is 29.8 Å². The van der Waals surface area contributed by atoms with Gasteiger partial charge >= 0.3 is 0 Å². The van der Waals surface area contributed by atoms with Crippen LogP contribution in [0, 0.1) is 11.8 Å². The van der Waals surface area contributed by atoms with Gasteiger partial charge in [0.15, 0.2) is 0 Å². The zero-order valence-corrected chi connectivity index (χ0v) is 13.8. The summed E-state index contributed by atoms with van der Waals surface area (Å²) in [7, 11) is 0. The second-order valence-electron chi connectivity index (χ2n) is 7.01. The van der Waals surface area contributed by atoms with Crippen LogP contribution in [0.2, 0.25) is 5.02 Å². The Morgan fingerprint density at radius 1 is 1.24 bits per heavy atom. The van der Waals surface area contributed by atoms with E-state index in [2.05, 4.69) is 23.1 Å². The molecule has 1 aromatic carbocycles. The molecule has 3 heteroatoms. The Kier molecular flexibility index (Phi) is 4.75. The third kappa shape index (κ3) is 3.54. The fourth-order valence-corrected chi connectivity index (χ4v) is 4.45. The van der Waals surface area contributed by atoms with Crippen molar-refractivity contribution in [1.82, 2.24) is 0 Å². The highest BCUT2D eigenvalue weighted by molar-refractivity contribution is 6.33. The number of hydrogen-bond donors (Lipinski definition) is 1. The SMILES string of the molecule is CC(N)Cc1ccc(N2CCC3CCCCC3C2)c(Cl)c1. The molecule has 21 heavy (non-hydrogen) atoms. The predicted molar refractivity (Wildman–Crippen MR) is 91.1 cm³/mol. The van der Waals surface area contributed by atoms with Gasteiger partial charge in [0.2, 0.25) is 0 Å². The number of nitrogens with two attached hydrogens (primary N) is 1. The first kappa shape index (κ1) is 15.2. The van der Waals surface area contributed by atoms with E-state index in [1.807, 2.05) is 6.92 Å². The molecule has 1 saturated heterocycles. The zero-order valence-electron chi connectivity index (χ0n) is 13.0. The lowest BCUT2D eigenvalue weighted by Gasteiger charge is -2.42. The van der Waals surface area contributed by atoms with Crippen LogP contribution in [0.3, 0.4) is 0 Å². The van der Waals surface area contributed by atoms with E-state index in [4.69, 9.17) is 17.3 Å². The van der Waals surface area contributed by atoms with Gasteiger partial charge in [-0.05, 0) is 55.7 Å². The second-order valence-corrected chi connectivity index (χ2v) is 7.41. The third-order valence-electron chi connectivity index (χ3n) is 5.20. The number of hydrogen-bond acceptors (Lipinski definition) is 2. The smallest absolute Gasteiger partial charge is 0.0642 e. The fourth-order valence-electron chi connectivity index (χ4n) is 4.13. The van der Waals surface area contributed by atoms with Gasteiger partial charge in [0.05, 0.1) is 10.7 Å². The van der Waals surface area contributed by atoms with Crippen molar-refractivity contribution in [2.45, 2.75) is 51.5 Å². The van der Waals surface area contributed by atoms with Crippen LogP contribution in [-0.2, 0) is 6.42 Å². The fraction of sp³-hybridized carbons (Fsp3) is 0.667. The van der Waals surface area contributed by atoms with Crippen molar-refractivity contribution >= 4 is 17.3 Å². The number of fused-ring (bicyclic) bond motifs is 1. The first-order valence-electron chi connectivity index (χ1n) is 8.42. The van der Waals surface area contributed by atoms with E-state index >= 15 is 0 Å². The summed E-state index contributed by atoms with van der Waals surface area (Å²) in [6.45, 7) is 4.39. The minimum atomic E-state index is 0.185. The van der Waals surface area contributed by atoms with E-state index in [1.54, 1.807) is 0 Å². The molecular formula is C18H27ClN2.